The fourth-order valence-electron chi connectivity index (χ4n) is 1.80. The molecule has 3 heteroatoms. The molecule has 0 saturated heterocycles. The van der Waals surface area contributed by atoms with Gasteiger partial charge < -0.3 is 15.6 Å². The Labute approximate surface area is 96.2 Å². The number of aliphatic hydroxyl groups is 1. The van der Waals surface area contributed by atoms with Gasteiger partial charge in [-0.15, -0.1) is 0 Å². The summed E-state index contributed by atoms with van der Waals surface area (Å²) in [7, 11) is 0. The van der Waals surface area contributed by atoms with Gasteiger partial charge in [-0.3, -0.25) is 0 Å². The number of rotatable bonds is 5. The third-order valence-electron chi connectivity index (χ3n) is 3.21. The first kappa shape index (κ1) is 11.4. The Hall–Kier alpha value is -1.06. The monoisotopic (exact) mass is 221 g/mol. The van der Waals surface area contributed by atoms with Crippen LogP contribution in [-0.2, 0) is 0 Å². The van der Waals surface area contributed by atoms with E-state index < -0.39 is 5.54 Å². The van der Waals surface area contributed by atoms with Crippen LogP contribution in [-0.4, -0.2) is 23.9 Å². The lowest BCUT2D eigenvalue weighted by molar-refractivity contribution is 0.117. The van der Waals surface area contributed by atoms with Crippen LogP contribution in [0.1, 0.15) is 18.4 Å². The molecule has 0 bridgehead atoms. The number of ether oxygens (including phenoxy) is 1. The first-order chi connectivity index (χ1) is 7.64. The average molecular weight is 221 g/mol. The van der Waals surface area contributed by atoms with Gasteiger partial charge in [0.15, 0.2) is 0 Å². The lowest BCUT2D eigenvalue weighted by Crippen LogP contribution is -2.51. The highest BCUT2D eigenvalue weighted by molar-refractivity contribution is 5.26. The molecule has 0 heterocycles. The summed E-state index contributed by atoms with van der Waals surface area (Å²) >= 11 is 0. The van der Waals surface area contributed by atoms with Crippen molar-refractivity contribution in [2.45, 2.75) is 25.3 Å². The van der Waals surface area contributed by atoms with Gasteiger partial charge in [0.25, 0.3) is 0 Å². The second-order valence-corrected chi connectivity index (χ2v) is 4.77. The first-order valence-corrected chi connectivity index (χ1v) is 5.73. The van der Waals surface area contributed by atoms with Gasteiger partial charge in [0.1, 0.15) is 12.4 Å². The molecule has 88 valence electrons. The normalized spacial score (nSPS) is 19.2. The summed E-state index contributed by atoms with van der Waals surface area (Å²) in [4.78, 5) is 0. The molecule has 16 heavy (non-hydrogen) atoms. The van der Waals surface area contributed by atoms with E-state index in [0.717, 1.165) is 18.6 Å². The van der Waals surface area contributed by atoms with E-state index in [0.29, 0.717) is 12.5 Å². The highest BCUT2D eigenvalue weighted by Crippen LogP contribution is 2.38. The van der Waals surface area contributed by atoms with E-state index in [1.165, 1.54) is 5.56 Å². The molecule has 3 nitrogen and oxygen atoms in total. The van der Waals surface area contributed by atoms with Crippen molar-refractivity contribution >= 4 is 0 Å². The molecular formula is C13H19NO2. The third-order valence-corrected chi connectivity index (χ3v) is 3.21. The van der Waals surface area contributed by atoms with Crippen LogP contribution in [0.2, 0.25) is 0 Å². The van der Waals surface area contributed by atoms with Crippen LogP contribution >= 0.6 is 0 Å². The van der Waals surface area contributed by atoms with Crippen molar-refractivity contribution in [3.8, 4) is 5.75 Å². The van der Waals surface area contributed by atoms with Crippen molar-refractivity contribution in [2.24, 2.45) is 11.7 Å². The molecule has 2 rings (SSSR count). The summed E-state index contributed by atoms with van der Waals surface area (Å²) < 4.78 is 5.63. The van der Waals surface area contributed by atoms with Gasteiger partial charge in [0.2, 0.25) is 0 Å². The molecule has 0 amide bonds. The molecule has 1 aromatic carbocycles. The van der Waals surface area contributed by atoms with E-state index in [9.17, 15) is 5.11 Å². The zero-order chi connectivity index (χ0) is 11.6. The SMILES string of the molecule is Cc1ccc(OCC(N)(CO)C2CC2)cc1. The minimum absolute atomic E-state index is 0.0104. The molecule has 0 aromatic heterocycles. The quantitative estimate of drug-likeness (QED) is 0.791. The Morgan fingerprint density at radius 1 is 1.38 bits per heavy atom. The van der Waals surface area contributed by atoms with Gasteiger partial charge in [-0.25, -0.2) is 0 Å². The lowest BCUT2D eigenvalue weighted by Gasteiger charge is -2.27. The molecule has 1 atom stereocenters. The molecule has 0 spiro atoms. The summed E-state index contributed by atoms with van der Waals surface area (Å²) in [5.74, 6) is 1.23. The molecule has 1 unspecified atom stereocenters. The third kappa shape index (κ3) is 2.54. The molecule has 0 radical (unpaired) electrons. The van der Waals surface area contributed by atoms with Crippen LogP contribution in [0.5, 0.6) is 5.75 Å². The van der Waals surface area contributed by atoms with Crippen LogP contribution in [0.4, 0.5) is 0 Å². The summed E-state index contributed by atoms with van der Waals surface area (Å²) in [6.07, 6.45) is 2.21. The molecule has 0 aliphatic heterocycles. The van der Waals surface area contributed by atoms with Crippen molar-refractivity contribution < 1.29 is 9.84 Å². The Bertz CT molecular complexity index is 345. The van der Waals surface area contributed by atoms with E-state index in [4.69, 9.17) is 10.5 Å². The van der Waals surface area contributed by atoms with Crippen molar-refractivity contribution in [3.63, 3.8) is 0 Å². The molecular weight excluding hydrogens is 202 g/mol. The molecule has 1 saturated carbocycles. The summed E-state index contributed by atoms with van der Waals surface area (Å²) in [5.41, 5.74) is 6.75. The fourth-order valence-corrected chi connectivity index (χ4v) is 1.80. The average Bonchev–Trinajstić information content (AvgIpc) is 3.12. The van der Waals surface area contributed by atoms with Gasteiger partial charge in [-0.1, -0.05) is 17.7 Å². The maximum atomic E-state index is 9.31. The van der Waals surface area contributed by atoms with Crippen molar-refractivity contribution in [1.82, 2.24) is 0 Å². The highest BCUT2D eigenvalue weighted by Gasteiger charge is 2.42. The zero-order valence-corrected chi connectivity index (χ0v) is 9.65. The highest BCUT2D eigenvalue weighted by atomic mass is 16.5. The van der Waals surface area contributed by atoms with Gasteiger partial charge in [0, 0.05) is 0 Å². The van der Waals surface area contributed by atoms with Gasteiger partial charge in [0.05, 0.1) is 12.1 Å². The minimum Gasteiger partial charge on any atom is -0.492 e. The fraction of sp³-hybridized carbons (Fsp3) is 0.538. The van der Waals surface area contributed by atoms with Crippen LogP contribution in [0.15, 0.2) is 24.3 Å². The second kappa shape index (κ2) is 4.44. The maximum Gasteiger partial charge on any atom is 0.119 e. The number of aliphatic hydroxyl groups excluding tert-OH is 1. The van der Waals surface area contributed by atoms with Crippen molar-refractivity contribution in [1.29, 1.82) is 0 Å². The van der Waals surface area contributed by atoms with Gasteiger partial charge >= 0.3 is 0 Å². The van der Waals surface area contributed by atoms with E-state index in [2.05, 4.69) is 0 Å². The summed E-state index contributed by atoms with van der Waals surface area (Å²) in [6, 6.07) is 7.87. The topological polar surface area (TPSA) is 55.5 Å². The maximum absolute atomic E-state index is 9.31. The van der Waals surface area contributed by atoms with Gasteiger partial charge in [-0.2, -0.15) is 0 Å². The number of aryl methyl sites for hydroxylation is 1. The minimum atomic E-state index is -0.565. The van der Waals surface area contributed by atoms with Crippen LogP contribution in [0.3, 0.4) is 0 Å². The first-order valence-electron chi connectivity index (χ1n) is 5.73. The Kier molecular flexibility index (Phi) is 3.17. The number of benzene rings is 1. The molecule has 1 aliphatic carbocycles. The Morgan fingerprint density at radius 3 is 2.50 bits per heavy atom. The predicted octanol–water partition coefficient (Wildman–Crippen LogP) is 1.47. The predicted molar refractivity (Wildman–Crippen MR) is 63.4 cm³/mol. The van der Waals surface area contributed by atoms with Crippen LogP contribution < -0.4 is 10.5 Å². The number of hydrogen-bond acceptors (Lipinski definition) is 3. The standard InChI is InChI=1S/C13H19NO2/c1-10-2-6-12(7-3-10)16-9-13(14,8-15)11-4-5-11/h2-3,6-7,11,15H,4-5,8-9,14H2,1H3. The van der Waals surface area contributed by atoms with E-state index >= 15 is 0 Å². The molecule has 1 aromatic rings. The second-order valence-electron chi connectivity index (χ2n) is 4.77. The van der Waals surface area contributed by atoms with E-state index in [1.54, 1.807) is 0 Å². The van der Waals surface area contributed by atoms with Crippen molar-refractivity contribution in [3.05, 3.63) is 29.8 Å². The van der Waals surface area contributed by atoms with Gasteiger partial charge in [-0.05, 0) is 37.8 Å². The zero-order valence-electron chi connectivity index (χ0n) is 9.65. The lowest BCUT2D eigenvalue weighted by atomic mass is 9.97. The Balaban J connectivity index is 1.92. The number of nitrogens with two attached hydrogens (primary N) is 1. The molecule has 3 N–H and O–H groups in total. The Morgan fingerprint density at radius 2 is 2.00 bits per heavy atom. The van der Waals surface area contributed by atoms with Crippen LogP contribution in [0, 0.1) is 12.8 Å². The summed E-state index contributed by atoms with van der Waals surface area (Å²) in [5, 5.41) is 9.31. The molecule has 1 fully saturated rings. The largest absolute Gasteiger partial charge is 0.492 e. The summed E-state index contributed by atoms with van der Waals surface area (Å²) in [6.45, 7) is 2.41. The van der Waals surface area contributed by atoms with Crippen molar-refractivity contribution in [2.75, 3.05) is 13.2 Å². The smallest absolute Gasteiger partial charge is 0.119 e. The van der Waals surface area contributed by atoms with Crippen LogP contribution in [0.25, 0.3) is 0 Å². The van der Waals surface area contributed by atoms with E-state index in [-0.39, 0.29) is 6.61 Å². The molecule has 1 aliphatic rings. The number of hydrogen-bond donors (Lipinski definition) is 2. The van der Waals surface area contributed by atoms with E-state index in [1.807, 2.05) is 31.2 Å².